The smallest absolute Gasteiger partial charge is 0.331 e. The van der Waals surface area contributed by atoms with Gasteiger partial charge in [0.25, 0.3) is 0 Å². The molecule has 1 aromatic rings. The highest BCUT2D eigenvalue weighted by Gasteiger charge is 2.39. The number of carbonyl (C=O) groups excluding carboxylic acids is 1. The van der Waals surface area contributed by atoms with Gasteiger partial charge in [-0.2, -0.15) is 0 Å². The largest absolute Gasteiger partial charge is 0.456 e. The molecule has 0 heterocycles. The molecule has 2 rings (SSSR count). The monoisotopic (exact) mass is 301 g/mol. The predicted molar refractivity (Wildman–Crippen MR) is 90.5 cm³/mol. The number of rotatable bonds is 5. The van der Waals surface area contributed by atoms with Crippen molar-refractivity contribution in [3.8, 4) is 0 Å². The van der Waals surface area contributed by atoms with Gasteiger partial charge in [-0.1, -0.05) is 36.8 Å². The van der Waals surface area contributed by atoms with E-state index < -0.39 is 0 Å². The highest BCUT2D eigenvalue weighted by Crippen LogP contribution is 2.37. The summed E-state index contributed by atoms with van der Waals surface area (Å²) < 4.78 is 5.86. The van der Waals surface area contributed by atoms with Gasteiger partial charge in [-0.05, 0) is 51.9 Å². The van der Waals surface area contributed by atoms with Gasteiger partial charge in [0.05, 0.1) is 0 Å². The zero-order valence-electron chi connectivity index (χ0n) is 13.9. The van der Waals surface area contributed by atoms with Gasteiger partial charge in [0, 0.05) is 18.5 Å². The first-order chi connectivity index (χ1) is 10.5. The standard InChI is InChI=1S/C19H27NO2/c1-19(14-8-7-11-17(19)15-20(2)3)22-18(21)13-12-16-9-5-4-6-10-16/h4-6,9-10,12-13,17H,7-8,11,14-15H2,1-3H3/b13-12+. The summed E-state index contributed by atoms with van der Waals surface area (Å²) in [6.45, 7) is 3.06. The van der Waals surface area contributed by atoms with Crippen LogP contribution in [0.2, 0.25) is 0 Å². The van der Waals surface area contributed by atoms with Gasteiger partial charge < -0.3 is 9.64 Å². The molecule has 2 unspecified atom stereocenters. The zero-order chi connectivity index (χ0) is 16.0. The summed E-state index contributed by atoms with van der Waals surface area (Å²) >= 11 is 0. The molecule has 0 radical (unpaired) electrons. The number of benzene rings is 1. The molecule has 1 aromatic carbocycles. The molecule has 0 aliphatic heterocycles. The minimum atomic E-state index is -0.347. The van der Waals surface area contributed by atoms with E-state index in [4.69, 9.17) is 4.74 Å². The van der Waals surface area contributed by atoms with Crippen LogP contribution in [0.15, 0.2) is 36.4 Å². The van der Waals surface area contributed by atoms with Crippen LogP contribution in [0.5, 0.6) is 0 Å². The van der Waals surface area contributed by atoms with E-state index in [1.54, 1.807) is 6.08 Å². The highest BCUT2D eigenvalue weighted by molar-refractivity contribution is 5.87. The molecule has 0 bridgehead atoms. The molecule has 0 aromatic heterocycles. The molecule has 3 nitrogen and oxygen atoms in total. The van der Waals surface area contributed by atoms with Crippen molar-refractivity contribution in [1.82, 2.24) is 4.90 Å². The van der Waals surface area contributed by atoms with Gasteiger partial charge in [0.2, 0.25) is 0 Å². The van der Waals surface area contributed by atoms with Crippen LogP contribution in [0.1, 0.15) is 38.2 Å². The summed E-state index contributed by atoms with van der Waals surface area (Å²) in [5.74, 6) is 0.169. The molecule has 0 amide bonds. The first-order valence-electron chi connectivity index (χ1n) is 8.10. The van der Waals surface area contributed by atoms with Crippen LogP contribution < -0.4 is 0 Å². The van der Waals surface area contributed by atoms with Crippen LogP contribution in [0.4, 0.5) is 0 Å². The first-order valence-corrected chi connectivity index (χ1v) is 8.10. The number of ether oxygens (including phenoxy) is 1. The third-order valence-corrected chi connectivity index (χ3v) is 4.47. The van der Waals surface area contributed by atoms with Gasteiger partial charge >= 0.3 is 5.97 Å². The topological polar surface area (TPSA) is 29.5 Å². The second-order valence-electron chi connectivity index (χ2n) is 6.68. The van der Waals surface area contributed by atoms with E-state index in [2.05, 4.69) is 25.9 Å². The first kappa shape index (κ1) is 16.8. The van der Waals surface area contributed by atoms with Crippen molar-refractivity contribution in [2.24, 2.45) is 5.92 Å². The number of nitrogens with zero attached hydrogens (tertiary/aromatic N) is 1. The number of hydrogen-bond donors (Lipinski definition) is 0. The summed E-state index contributed by atoms with van der Waals surface area (Å²) in [7, 11) is 4.15. The van der Waals surface area contributed by atoms with E-state index in [9.17, 15) is 4.79 Å². The fraction of sp³-hybridized carbons (Fsp3) is 0.526. The lowest BCUT2D eigenvalue weighted by Gasteiger charge is -2.41. The lowest BCUT2D eigenvalue weighted by Crippen LogP contribution is -2.46. The van der Waals surface area contributed by atoms with E-state index >= 15 is 0 Å². The Bertz CT molecular complexity index is 509. The van der Waals surface area contributed by atoms with Gasteiger partial charge in [0.15, 0.2) is 0 Å². The fourth-order valence-corrected chi connectivity index (χ4v) is 3.23. The average molecular weight is 301 g/mol. The quantitative estimate of drug-likeness (QED) is 0.613. The summed E-state index contributed by atoms with van der Waals surface area (Å²) in [5.41, 5.74) is 0.666. The Kier molecular flexibility index (Phi) is 5.78. The van der Waals surface area contributed by atoms with Crippen molar-refractivity contribution in [2.45, 2.75) is 38.2 Å². The molecule has 0 saturated heterocycles. The second-order valence-corrected chi connectivity index (χ2v) is 6.68. The van der Waals surface area contributed by atoms with Crippen LogP contribution >= 0.6 is 0 Å². The molecule has 1 aliphatic carbocycles. The fourth-order valence-electron chi connectivity index (χ4n) is 3.23. The van der Waals surface area contributed by atoms with Crippen LogP contribution in [-0.4, -0.2) is 37.1 Å². The SMILES string of the molecule is CN(C)CC1CCCCC1(C)OC(=O)/C=C/c1ccccc1. The lowest BCUT2D eigenvalue weighted by molar-refractivity contribution is -0.162. The summed E-state index contributed by atoms with van der Waals surface area (Å²) in [6, 6.07) is 9.83. The Morgan fingerprint density at radius 2 is 2.05 bits per heavy atom. The molecule has 3 heteroatoms. The van der Waals surface area contributed by atoms with Crippen molar-refractivity contribution in [3.05, 3.63) is 42.0 Å². The maximum atomic E-state index is 12.2. The van der Waals surface area contributed by atoms with Gasteiger partial charge in [-0.25, -0.2) is 4.79 Å². The number of esters is 1. The van der Waals surface area contributed by atoms with Gasteiger partial charge in [-0.15, -0.1) is 0 Å². The predicted octanol–water partition coefficient (Wildman–Crippen LogP) is 3.75. The molecular weight excluding hydrogens is 274 g/mol. The minimum Gasteiger partial charge on any atom is -0.456 e. The Morgan fingerprint density at radius 1 is 1.32 bits per heavy atom. The maximum Gasteiger partial charge on any atom is 0.331 e. The Labute approximate surface area is 134 Å². The Morgan fingerprint density at radius 3 is 2.73 bits per heavy atom. The molecular formula is C19H27NO2. The molecule has 120 valence electrons. The minimum absolute atomic E-state index is 0.239. The molecule has 1 saturated carbocycles. The summed E-state index contributed by atoms with van der Waals surface area (Å²) in [4.78, 5) is 14.4. The molecule has 22 heavy (non-hydrogen) atoms. The van der Waals surface area contributed by atoms with E-state index in [0.717, 1.165) is 31.4 Å². The zero-order valence-corrected chi connectivity index (χ0v) is 13.9. The third kappa shape index (κ3) is 4.70. The van der Waals surface area contributed by atoms with E-state index in [0.29, 0.717) is 5.92 Å². The number of hydrogen-bond acceptors (Lipinski definition) is 3. The average Bonchev–Trinajstić information content (AvgIpc) is 2.48. The Hall–Kier alpha value is -1.61. The van der Waals surface area contributed by atoms with Crippen molar-refractivity contribution >= 4 is 12.0 Å². The second kappa shape index (κ2) is 7.59. The molecule has 1 fully saturated rings. The van der Waals surface area contributed by atoms with E-state index in [1.165, 1.54) is 6.42 Å². The molecule has 2 atom stereocenters. The van der Waals surface area contributed by atoms with Crippen molar-refractivity contribution in [1.29, 1.82) is 0 Å². The van der Waals surface area contributed by atoms with Crippen LogP contribution in [0.3, 0.4) is 0 Å². The lowest BCUT2D eigenvalue weighted by atomic mass is 9.76. The molecule has 0 N–H and O–H groups in total. The normalized spacial score (nSPS) is 25.5. The Balaban J connectivity index is 1.99. The highest BCUT2D eigenvalue weighted by atomic mass is 16.6. The van der Waals surface area contributed by atoms with Gasteiger partial charge in [-0.3, -0.25) is 0 Å². The maximum absolute atomic E-state index is 12.2. The van der Waals surface area contributed by atoms with Crippen LogP contribution in [0, 0.1) is 5.92 Å². The van der Waals surface area contributed by atoms with Crippen molar-refractivity contribution < 1.29 is 9.53 Å². The van der Waals surface area contributed by atoms with Crippen molar-refractivity contribution in [3.63, 3.8) is 0 Å². The van der Waals surface area contributed by atoms with Crippen molar-refractivity contribution in [2.75, 3.05) is 20.6 Å². The summed E-state index contributed by atoms with van der Waals surface area (Å²) in [6.07, 6.45) is 7.81. The molecule has 1 aliphatic rings. The number of carbonyl (C=O) groups is 1. The summed E-state index contributed by atoms with van der Waals surface area (Å²) in [5, 5.41) is 0. The van der Waals surface area contributed by atoms with Crippen LogP contribution in [-0.2, 0) is 9.53 Å². The third-order valence-electron chi connectivity index (χ3n) is 4.47. The molecule has 0 spiro atoms. The van der Waals surface area contributed by atoms with Gasteiger partial charge in [0.1, 0.15) is 5.60 Å². The van der Waals surface area contributed by atoms with E-state index in [-0.39, 0.29) is 11.6 Å². The van der Waals surface area contributed by atoms with E-state index in [1.807, 2.05) is 36.4 Å². The van der Waals surface area contributed by atoms with Crippen LogP contribution in [0.25, 0.3) is 6.08 Å².